The topological polar surface area (TPSA) is 54.0 Å². The van der Waals surface area contributed by atoms with E-state index in [2.05, 4.69) is 15.6 Å². The zero-order valence-corrected chi connectivity index (χ0v) is 13.2. The minimum absolute atomic E-state index is 0.0115. The summed E-state index contributed by atoms with van der Waals surface area (Å²) in [5, 5.41) is 6.44. The minimum atomic E-state index is -0.0155. The lowest BCUT2D eigenvalue weighted by Gasteiger charge is -2.56. The molecule has 4 aliphatic rings. The van der Waals surface area contributed by atoms with E-state index < -0.39 is 0 Å². The Bertz CT molecular complexity index is 521. The van der Waals surface area contributed by atoms with Gasteiger partial charge < -0.3 is 10.6 Å². The van der Waals surface area contributed by atoms with E-state index in [1.165, 1.54) is 38.5 Å². The number of hydrogen-bond donors (Lipinski definition) is 2. The number of aromatic nitrogens is 1. The molecular weight excluding hydrogens is 274 g/mol. The molecule has 0 radical (unpaired) electrons. The largest absolute Gasteiger partial charge is 0.333 e. The third-order valence-corrected chi connectivity index (χ3v) is 5.95. The van der Waals surface area contributed by atoms with Crippen molar-refractivity contribution in [1.82, 2.24) is 15.6 Å². The van der Waals surface area contributed by atoms with Crippen molar-refractivity contribution < 1.29 is 4.79 Å². The summed E-state index contributed by atoms with van der Waals surface area (Å²) < 4.78 is 0. The fraction of sp³-hybridized carbons (Fsp3) is 0.667. The first-order chi connectivity index (χ1) is 10.6. The van der Waals surface area contributed by atoms with Crippen molar-refractivity contribution in [3.05, 3.63) is 30.1 Å². The van der Waals surface area contributed by atoms with Crippen LogP contribution in [-0.4, -0.2) is 16.6 Å². The Morgan fingerprint density at radius 2 is 1.86 bits per heavy atom. The summed E-state index contributed by atoms with van der Waals surface area (Å²) in [6.07, 6.45) is 11.3. The molecule has 0 saturated heterocycles. The van der Waals surface area contributed by atoms with Gasteiger partial charge in [0.25, 0.3) is 0 Å². The SMILES string of the molecule is CC(NC(=O)NC12CC3CC(CC(C3)C1)C2)c1cccnc1. The van der Waals surface area contributed by atoms with Gasteiger partial charge in [0.05, 0.1) is 6.04 Å². The van der Waals surface area contributed by atoms with E-state index in [0.29, 0.717) is 0 Å². The number of hydrogen-bond acceptors (Lipinski definition) is 2. The van der Waals surface area contributed by atoms with Crippen molar-refractivity contribution in [1.29, 1.82) is 0 Å². The average molecular weight is 299 g/mol. The summed E-state index contributed by atoms with van der Waals surface area (Å²) in [7, 11) is 0. The van der Waals surface area contributed by atoms with Crippen LogP contribution in [0.25, 0.3) is 0 Å². The minimum Gasteiger partial charge on any atom is -0.333 e. The van der Waals surface area contributed by atoms with Crippen molar-refractivity contribution in [2.24, 2.45) is 17.8 Å². The zero-order valence-electron chi connectivity index (χ0n) is 13.2. The maximum atomic E-state index is 12.5. The lowest BCUT2D eigenvalue weighted by molar-refractivity contribution is -0.0136. The van der Waals surface area contributed by atoms with E-state index >= 15 is 0 Å². The molecule has 1 atom stereocenters. The van der Waals surface area contributed by atoms with E-state index in [4.69, 9.17) is 0 Å². The summed E-state index contributed by atoms with van der Waals surface area (Å²) in [6.45, 7) is 2.01. The van der Waals surface area contributed by atoms with E-state index in [0.717, 1.165) is 23.3 Å². The van der Waals surface area contributed by atoms with Gasteiger partial charge in [0.2, 0.25) is 0 Å². The van der Waals surface area contributed by atoms with Crippen LogP contribution >= 0.6 is 0 Å². The first-order valence-electron chi connectivity index (χ1n) is 8.60. The van der Waals surface area contributed by atoms with Crippen LogP contribution in [0.2, 0.25) is 0 Å². The number of carbonyl (C=O) groups excluding carboxylic acids is 1. The summed E-state index contributed by atoms with van der Waals surface area (Å²) in [5.41, 5.74) is 1.12. The maximum absolute atomic E-state index is 12.5. The predicted molar refractivity (Wildman–Crippen MR) is 85.2 cm³/mol. The predicted octanol–water partition coefficient (Wildman–Crippen LogP) is 3.41. The number of urea groups is 1. The van der Waals surface area contributed by atoms with Crippen LogP contribution in [-0.2, 0) is 0 Å². The van der Waals surface area contributed by atoms with E-state index in [1.807, 2.05) is 25.3 Å². The van der Waals surface area contributed by atoms with E-state index in [9.17, 15) is 4.79 Å². The van der Waals surface area contributed by atoms with Gasteiger partial charge in [-0.25, -0.2) is 4.79 Å². The third kappa shape index (κ3) is 2.59. The fourth-order valence-electron chi connectivity index (χ4n) is 5.45. The quantitative estimate of drug-likeness (QED) is 0.898. The average Bonchev–Trinajstić information content (AvgIpc) is 2.45. The van der Waals surface area contributed by atoms with Crippen molar-refractivity contribution in [2.45, 2.75) is 57.0 Å². The molecule has 1 aromatic rings. The molecule has 2 N–H and O–H groups in total. The van der Waals surface area contributed by atoms with Gasteiger partial charge in [-0.05, 0) is 74.8 Å². The Morgan fingerprint density at radius 3 is 2.41 bits per heavy atom. The van der Waals surface area contributed by atoms with Gasteiger partial charge >= 0.3 is 6.03 Å². The molecule has 22 heavy (non-hydrogen) atoms. The van der Waals surface area contributed by atoms with Crippen molar-refractivity contribution >= 4 is 6.03 Å². The van der Waals surface area contributed by atoms with Crippen molar-refractivity contribution in [3.63, 3.8) is 0 Å². The highest BCUT2D eigenvalue weighted by atomic mass is 16.2. The molecule has 0 aromatic carbocycles. The van der Waals surface area contributed by atoms with Gasteiger partial charge in [-0.3, -0.25) is 4.98 Å². The molecule has 4 aliphatic carbocycles. The highest BCUT2D eigenvalue weighted by molar-refractivity contribution is 5.75. The van der Waals surface area contributed by atoms with Crippen LogP contribution in [0.4, 0.5) is 4.79 Å². The molecule has 4 heteroatoms. The molecule has 4 bridgehead atoms. The van der Waals surface area contributed by atoms with Gasteiger partial charge in [-0.15, -0.1) is 0 Å². The lowest BCUT2D eigenvalue weighted by Crippen LogP contribution is -2.61. The van der Waals surface area contributed by atoms with Gasteiger partial charge in [0.1, 0.15) is 0 Å². The molecule has 4 fully saturated rings. The number of rotatable bonds is 3. The normalized spacial score (nSPS) is 36.9. The molecule has 118 valence electrons. The third-order valence-electron chi connectivity index (χ3n) is 5.95. The highest BCUT2D eigenvalue weighted by Gasteiger charge is 2.51. The van der Waals surface area contributed by atoms with Crippen molar-refractivity contribution in [3.8, 4) is 0 Å². The molecular formula is C18H25N3O. The van der Waals surface area contributed by atoms with Crippen LogP contribution in [0.1, 0.15) is 57.1 Å². The Kier molecular flexibility index (Phi) is 3.35. The standard InChI is InChI=1S/C18H25N3O/c1-12(16-3-2-4-19-11-16)20-17(22)21-18-8-13-5-14(9-18)7-15(6-13)10-18/h2-4,11-15H,5-10H2,1H3,(H2,20,21,22). The Morgan fingerprint density at radius 1 is 1.23 bits per heavy atom. The number of nitrogens with one attached hydrogen (secondary N) is 2. The van der Waals surface area contributed by atoms with Gasteiger partial charge in [-0.2, -0.15) is 0 Å². The molecule has 1 aromatic heterocycles. The second-order valence-corrected chi connectivity index (χ2v) is 7.80. The molecule has 2 amide bonds. The van der Waals surface area contributed by atoms with Crippen LogP contribution in [0.15, 0.2) is 24.5 Å². The summed E-state index contributed by atoms with van der Waals surface area (Å²) in [5.74, 6) is 2.55. The fourth-order valence-corrected chi connectivity index (χ4v) is 5.45. The Labute approximate surface area is 132 Å². The molecule has 0 aliphatic heterocycles. The smallest absolute Gasteiger partial charge is 0.315 e. The molecule has 0 spiro atoms. The summed E-state index contributed by atoms with van der Waals surface area (Å²) >= 11 is 0. The maximum Gasteiger partial charge on any atom is 0.315 e. The summed E-state index contributed by atoms with van der Waals surface area (Å²) in [4.78, 5) is 16.6. The highest BCUT2D eigenvalue weighted by Crippen LogP contribution is 2.55. The number of carbonyl (C=O) groups is 1. The molecule has 5 rings (SSSR count). The van der Waals surface area contributed by atoms with Crippen LogP contribution < -0.4 is 10.6 Å². The molecule has 4 saturated carbocycles. The Hall–Kier alpha value is -1.58. The van der Waals surface area contributed by atoms with E-state index in [-0.39, 0.29) is 17.6 Å². The number of nitrogens with zero attached hydrogens (tertiary/aromatic N) is 1. The van der Waals surface area contributed by atoms with Gasteiger partial charge in [0.15, 0.2) is 0 Å². The molecule has 1 heterocycles. The molecule has 4 nitrogen and oxygen atoms in total. The van der Waals surface area contributed by atoms with Crippen LogP contribution in [0.5, 0.6) is 0 Å². The lowest BCUT2D eigenvalue weighted by atomic mass is 9.53. The second-order valence-electron chi connectivity index (χ2n) is 7.80. The monoisotopic (exact) mass is 299 g/mol. The Balaban J connectivity index is 1.40. The summed E-state index contributed by atoms with van der Waals surface area (Å²) in [6, 6.07) is 3.88. The zero-order chi connectivity index (χ0) is 15.2. The number of amides is 2. The van der Waals surface area contributed by atoms with Gasteiger partial charge in [0, 0.05) is 17.9 Å². The number of pyridine rings is 1. The van der Waals surface area contributed by atoms with E-state index in [1.54, 1.807) is 6.20 Å². The molecule has 1 unspecified atom stereocenters. The second kappa shape index (κ2) is 5.25. The van der Waals surface area contributed by atoms with Crippen molar-refractivity contribution in [2.75, 3.05) is 0 Å². The first kappa shape index (κ1) is 14.0. The van der Waals surface area contributed by atoms with Crippen LogP contribution in [0.3, 0.4) is 0 Å². The first-order valence-corrected chi connectivity index (χ1v) is 8.60. The van der Waals surface area contributed by atoms with Gasteiger partial charge in [-0.1, -0.05) is 6.07 Å². The van der Waals surface area contributed by atoms with Crippen LogP contribution in [0, 0.1) is 17.8 Å².